The number of nitrogens with two attached hydrogens (primary N) is 1. The van der Waals surface area contributed by atoms with Gasteiger partial charge in [-0.3, -0.25) is 9.78 Å². The molecule has 1 aliphatic heterocycles. The second-order valence-corrected chi connectivity index (χ2v) is 6.75. The van der Waals surface area contributed by atoms with Crippen LogP contribution in [0.4, 0.5) is 0 Å². The molecule has 2 N–H and O–H groups in total. The van der Waals surface area contributed by atoms with E-state index in [1.165, 1.54) is 18.5 Å². The number of carbonyl (C=O) groups is 1. The molecule has 0 bridgehead atoms. The quantitative estimate of drug-likeness (QED) is 0.808. The van der Waals surface area contributed by atoms with Crippen LogP contribution >= 0.6 is 15.9 Å². The number of hydrogen-bond donors (Lipinski definition) is 1. The van der Waals surface area contributed by atoms with Crippen LogP contribution < -0.4 is 5.73 Å². The summed E-state index contributed by atoms with van der Waals surface area (Å²) in [5.74, 6) is -0.730. The lowest BCUT2D eigenvalue weighted by molar-refractivity contribution is -0.125. The first-order chi connectivity index (χ1) is 8.93. The Labute approximate surface area is 118 Å². The molecule has 0 radical (unpaired) electrons. The highest BCUT2D eigenvalue weighted by Gasteiger charge is 2.37. The van der Waals surface area contributed by atoms with Crippen LogP contribution in [0.5, 0.6) is 0 Å². The molecule has 1 amide bonds. The highest BCUT2D eigenvalue weighted by Crippen LogP contribution is 2.22. The van der Waals surface area contributed by atoms with Gasteiger partial charge in [-0.1, -0.05) is 0 Å². The summed E-state index contributed by atoms with van der Waals surface area (Å²) in [7, 11) is -3.82. The topological polar surface area (TPSA) is 103 Å². The average Bonchev–Trinajstić information content (AvgIpc) is 2.38. The number of ether oxygens (including phenoxy) is 1. The summed E-state index contributed by atoms with van der Waals surface area (Å²) in [4.78, 5) is 15.1. The maximum absolute atomic E-state index is 12.5. The number of sulfonamides is 1. The van der Waals surface area contributed by atoms with Crippen molar-refractivity contribution in [2.24, 2.45) is 5.73 Å². The Morgan fingerprint density at radius 3 is 2.89 bits per heavy atom. The normalized spacial score (nSPS) is 21.2. The van der Waals surface area contributed by atoms with Gasteiger partial charge in [0.2, 0.25) is 15.9 Å². The molecular formula is C10H12BrN3O4S. The van der Waals surface area contributed by atoms with E-state index >= 15 is 0 Å². The van der Waals surface area contributed by atoms with E-state index in [0.717, 1.165) is 4.31 Å². The molecule has 19 heavy (non-hydrogen) atoms. The van der Waals surface area contributed by atoms with Crippen LogP contribution in [0, 0.1) is 0 Å². The van der Waals surface area contributed by atoms with Gasteiger partial charge in [-0.05, 0) is 22.0 Å². The third-order valence-corrected chi connectivity index (χ3v) is 5.00. The van der Waals surface area contributed by atoms with Gasteiger partial charge in [0.15, 0.2) is 0 Å². The van der Waals surface area contributed by atoms with Gasteiger partial charge in [0.25, 0.3) is 0 Å². The van der Waals surface area contributed by atoms with Gasteiger partial charge in [-0.15, -0.1) is 0 Å². The number of rotatable bonds is 3. The number of nitrogens with zero attached hydrogens (tertiary/aromatic N) is 2. The van der Waals surface area contributed by atoms with Gasteiger partial charge < -0.3 is 10.5 Å². The Morgan fingerprint density at radius 2 is 2.26 bits per heavy atom. The molecule has 9 heteroatoms. The van der Waals surface area contributed by atoms with Crippen molar-refractivity contribution in [2.75, 3.05) is 19.8 Å². The molecule has 2 heterocycles. The second kappa shape index (κ2) is 5.53. The molecule has 104 valence electrons. The molecule has 1 aromatic heterocycles. The molecule has 1 aromatic rings. The number of pyridine rings is 1. The second-order valence-electron chi connectivity index (χ2n) is 3.95. The van der Waals surface area contributed by atoms with E-state index in [-0.39, 0.29) is 24.7 Å². The molecule has 1 atom stereocenters. The first-order valence-corrected chi connectivity index (χ1v) is 7.65. The molecule has 7 nitrogen and oxygen atoms in total. The van der Waals surface area contributed by atoms with Crippen molar-refractivity contribution in [3.63, 3.8) is 0 Å². The van der Waals surface area contributed by atoms with Crippen LogP contribution in [0.3, 0.4) is 0 Å². The van der Waals surface area contributed by atoms with E-state index in [9.17, 15) is 13.2 Å². The number of carbonyl (C=O) groups excluding carboxylic acids is 1. The number of halogens is 1. The summed E-state index contributed by atoms with van der Waals surface area (Å²) in [5, 5.41) is 0. The minimum absolute atomic E-state index is 0.00928. The SMILES string of the molecule is NC(=O)C1COCCN1S(=O)(=O)c1cncc(Br)c1. The molecule has 0 aromatic carbocycles. The fourth-order valence-electron chi connectivity index (χ4n) is 1.77. The van der Waals surface area contributed by atoms with Crippen LogP contribution in [-0.4, -0.2) is 49.4 Å². The zero-order valence-electron chi connectivity index (χ0n) is 9.82. The predicted octanol–water partition coefficient (Wildman–Crippen LogP) is -0.281. The smallest absolute Gasteiger partial charge is 0.245 e. The van der Waals surface area contributed by atoms with Gasteiger partial charge in [0.1, 0.15) is 10.9 Å². The Hall–Kier alpha value is -1.03. The van der Waals surface area contributed by atoms with Crippen LogP contribution in [0.15, 0.2) is 27.8 Å². The lowest BCUT2D eigenvalue weighted by Gasteiger charge is -2.32. The van der Waals surface area contributed by atoms with Crippen molar-refractivity contribution < 1.29 is 17.9 Å². The maximum Gasteiger partial charge on any atom is 0.245 e. The van der Waals surface area contributed by atoms with E-state index in [4.69, 9.17) is 10.5 Å². The molecule has 1 unspecified atom stereocenters. The van der Waals surface area contributed by atoms with Crippen LogP contribution in [0.1, 0.15) is 0 Å². The summed E-state index contributed by atoms with van der Waals surface area (Å²) in [6.45, 7) is 0.281. The fraction of sp³-hybridized carbons (Fsp3) is 0.400. The number of hydrogen-bond acceptors (Lipinski definition) is 5. The van der Waals surface area contributed by atoms with Gasteiger partial charge in [0.05, 0.1) is 13.2 Å². The number of morpholine rings is 1. The van der Waals surface area contributed by atoms with E-state index in [1.807, 2.05) is 0 Å². The molecule has 2 rings (SSSR count). The molecule has 1 fully saturated rings. The fourth-order valence-corrected chi connectivity index (χ4v) is 3.84. The lowest BCUT2D eigenvalue weighted by atomic mass is 10.3. The molecule has 1 aliphatic rings. The van der Waals surface area contributed by atoms with Crippen molar-refractivity contribution >= 4 is 31.9 Å². The minimum atomic E-state index is -3.82. The van der Waals surface area contributed by atoms with Crippen LogP contribution in [0.2, 0.25) is 0 Å². The van der Waals surface area contributed by atoms with Gasteiger partial charge in [-0.2, -0.15) is 4.31 Å². The summed E-state index contributed by atoms with van der Waals surface area (Å²) in [6.07, 6.45) is 2.71. The molecular weight excluding hydrogens is 338 g/mol. The monoisotopic (exact) mass is 349 g/mol. The molecule has 0 saturated carbocycles. The number of amides is 1. The summed E-state index contributed by atoms with van der Waals surface area (Å²) < 4.78 is 31.6. The zero-order chi connectivity index (χ0) is 14.0. The summed E-state index contributed by atoms with van der Waals surface area (Å²) >= 11 is 3.16. The third kappa shape index (κ3) is 2.94. The minimum Gasteiger partial charge on any atom is -0.378 e. The number of aromatic nitrogens is 1. The van der Waals surface area contributed by atoms with Crippen molar-refractivity contribution in [1.29, 1.82) is 0 Å². The van der Waals surface area contributed by atoms with Crippen molar-refractivity contribution in [3.8, 4) is 0 Å². The molecule has 0 spiro atoms. The largest absolute Gasteiger partial charge is 0.378 e. The Balaban J connectivity index is 2.40. The Kier molecular flexibility index (Phi) is 4.19. The first kappa shape index (κ1) is 14.4. The molecule has 1 saturated heterocycles. The van der Waals surface area contributed by atoms with Crippen molar-refractivity contribution in [3.05, 3.63) is 22.9 Å². The van der Waals surface area contributed by atoms with E-state index in [0.29, 0.717) is 4.47 Å². The van der Waals surface area contributed by atoms with E-state index in [2.05, 4.69) is 20.9 Å². The predicted molar refractivity (Wildman–Crippen MR) is 69.6 cm³/mol. The Bertz CT molecular complexity index is 592. The van der Waals surface area contributed by atoms with Crippen molar-refractivity contribution in [2.45, 2.75) is 10.9 Å². The highest BCUT2D eigenvalue weighted by molar-refractivity contribution is 9.10. The zero-order valence-corrected chi connectivity index (χ0v) is 12.2. The molecule has 0 aliphatic carbocycles. The highest BCUT2D eigenvalue weighted by atomic mass is 79.9. The summed E-state index contributed by atoms with van der Waals surface area (Å²) in [5.41, 5.74) is 5.21. The maximum atomic E-state index is 12.5. The van der Waals surface area contributed by atoms with Crippen LogP contribution in [-0.2, 0) is 19.6 Å². The number of primary amides is 1. The standard InChI is InChI=1S/C10H12BrN3O4S/c11-7-3-8(5-13-4-7)19(16,17)14-1-2-18-6-9(14)10(12)15/h3-5,9H,1-2,6H2,(H2,12,15). The van der Waals surface area contributed by atoms with E-state index < -0.39 is 22.0 Å². The van der Waals surface area contributed by atoms with Crippen LogP contribution in [0.25, 0.3) is 0 Å². The Morgan fingerprint density at radius 1 is 1.53 bits per heavy atom. The first-order valence-electron chi connectivity index (χ1n) is 5.42. The average molecular weight is 350 g/mol. The lowest BCUT2D eigenvalue weighted by Crippen LogP contribution is -2.54. The summed E-state index contributed by atoms with van der Waals surface area (Å²) in [6, 6.07) is 0.438. The van der Waals surface area contributed by atoms with E-state index in [1.54, 1.807) is 0 Å². The van der Waals surface area contributed by atoms with Gasteiger partial charge in [0, 0.05) is 23.4 Å². The van der Waals surface area contributed by atoms with Crippen molar-refractivity contribution in [1.82, 2.24) is 9.29 Å². The van der Waals surface area contributed by atoms with Gasteiger partial charge in [-0.25, -0.2) is 8.42 Å². The third-order valence-electron chi connectivity index (χ3n) is 2.69. The van der Waals surface area contributed by atoms with Gasteiger partial charge >= 0.3 is 0 Å².